The van der Waals surface area contributed by atoms with E-state index in [2.05, 4.69) is 12.2 Å². The second kappa shape index (κ2) is 4.04. The summed E-state index contributed by atoms with van der Waals surface area (Å²) in [5, 5.41) is 0. The highest BCUT2D eigenvalue weighted by molar-refractivity contribution is 6.69. The number of hydrogen-bond acceptors (Lipinski definition) is 2. The van der Waals surface area contributed by atoms with E-state index in [1.54, 1.807) is 0 Å². The quantitative estimate of drug-likeness (QED) is 0.477. The van der Waals surface area contributed by atoms with E-state index < -0.39 is 8.56 Å². The van der Waals surface area contributed by atoms with Gasteiger partial charge in [-0.2, -0.15) is 0 Å². The Morgan fingerprint density at radius 3 is 1.91 bits per heavy atom. The van der Waals surface area contributed by atoms with Crippen LogP contribution in [0.2, 0.25) is 12.1 Å². The highest BCUT2D eigenvalue weighted by Crippen LogP contribution is 2.25. The minimum absolute atomic E-state index is 0.786. The largest absolute Gasteiger partial charge is 0.394 e. The summed E-state index contributed by atoms with van der Waals surface area (Å²) < 4.78 is 11.4. The molecule has 0 atom stereocenters. The summed E-state index contributed by atoms with van der Waals surface area (Å²) in [6.07, 6.45) is 4.36. The lowest BCUT2D eigenvalue weighted by Crippen LogP contribution is -2.39. The molecule has 0 N–H and O–H groups in total. The molecule has 1 aliphatic rings. The number of hydrogen-bond donors (Lipinski definition) is 0. The third-order valence-electron chi connectivity index (χ3n) is 1.84. The summed E-state index contributed by atoms with van der Waals surface area (Å²) in [6.45, 7) is 5.64. The Bertz CT molecular complexity index is 129. The smallest absolute Gasteiger partial charge is 0.345 e. The van der Waals surface area contributed by atoms with Gasteiger partial charge in [-0.05, 0) is 13.8 Å². The molecular formula is C8H16O2Si. The van der Waals surface area contributed by atoms with Crippen LogP contribution in [0.25, 0.3) is 0 Å². The van der Waals surface area contributed by atoms with Gasteiger partial charge in [-0.25, -0.2) is 0 Å². The maximum absolute atomic E-state index is 5.68. The zero-order valence-corrected chi connectivity index (χ0v) is 8.30. The van der Waals surface area contributed by atoms with Crippen molar-refractivity contribution >= 4 is 8.56 Å². The maximum Gasteiger partial charge on any atom is 0.345 e. The van der Waals surface area contributed by atoms with E-state index >= 15 is 0 Å². The van der Waals surface area contributed by atoms with Crippen molar-refractivity contribution in [1.29, 1.82) is 0 Å². The van der Waals surface area contributed by atoms with Gasteiger partial charge in [0.05, 0.1) is 0 Å². The highest BCUT2D eigenvalue weighted by Gasteiger charge is 2.37. The minimum atomic E-state index is -1.74. The Balaban J connectivity index is 2.43. The molecule has 1 aliphatic heterocycles. The van der Waals surface area contributed by atoms with Gasteiger partial charge in [0.25, 0.3) is 0 Å². The van der Waals surface area contributed by atoms with Crippen molar-refractivity contribution in [1.82, 2.24) is 0 Å². The molecule has 0 saturated heterocycles. The van der Waals surface area contributed by atoms with E-state index in [9.17, 15) is 0 Å². The molecule has 0 unspecified atom stereocenters. The van der Waals surface area contributed by atoms with Crippen LogP contribution in [-0.4, -0.2) is 21.8 Å². The molecule has 0 aromatic carbocycles. The van der Waals surface area contributed by atoms with E-state index in [0.29, 0.717) is 0 Å². The van der Waals surface area contributed by atoms with Crippen LogP contribution in [0.1, 0.15) is 13.8 Å². The molecule has 0 bridgehead atoms. The average Bonchev–Trinajstić information content (AvgIpc) is 2.39. The van der Waals surface area contributed by atoms with E-state index in [1.165, 1.54) is 0 Å². The van der Waals surface area contributed by atoms with E-state index in [4.69, 9.17) is 8.85 Å². The molecule has 0 amide bonds. The van der Waals surface area contributed by atoms with Crippen LogP contribution < -0.4 is 0 Å². The molecule has 0 fully saturated rings. The summed E-state index contributed by atoms with van der Waals surface area (Å²) in [7, 11) is -1.74. The molecule has 64 valence electrons. The molecule has 11 heavy (non-hydrogen) atoms. The number of rotatable bonds is 4. The van der Waals surface area contributed by atoms with Crippen molar-refractivity contribution in [3.8, 4) is 0 Å². The summed E-state index contributed by atoms with van der Waals surface area (Å²) >= 11 is 0. The van der Waals surface area contributed by atoms with Crippen molar-refractivity contribution in [3.63, 3.8) is 0 Å². The fourth-order valence-electron chi connectivity index (χ4n) is 1.41. The lowest BCUT2D eigenvalue weighted by molar-refractivity contribution is 0.190. The average molecular weight is 172 g/mol. The first-order valence-corrected chi connectivity index (χ1v) is 6.49. The second-order valence-electron chi connectivity index (χ2n) is 2.66. The third-order valence-corrected chi connectivity index (χ3v) is 5.18. The Kier molecular flexibility index (Phi) is 3.30. The lowest BCUT2D eigenvalue weighted by Gasteiger charge is -2.24. The van der Waals surface area contributed by atoms with Gasteiger partial charge in [-0.3, -0.25) is 0 Å². The van der Waals surface area contributed by atoms with Gasteiger partial charge in [0.2, 0.25) is 0 Å². The van der Waals surface area contributed by atoms with Gasteiger partial charge in [0, 0.05) is 25.3 Å². The molecule has 2 nitrogen and oxygen atoms in total. The predicted molar refractivity (Wildman–Crippen MR) is 47.8 cm³/mol. The molecule has 1 rings (SSSR count). The lowest BCUT2D eigenvalue weighted by atomic mass is 10.6. The number of allylic oxidation sites excluding steroid dienone is 2. The van der Waals surface area contributed by atoms with Crippen molar-refractivity contribution in [2.75, 3.05) is 13.2 Å². The van der Waals surface area contributed by atoms with Crippen molar-refractivity contribution in [2.45, 2.75) is 25.9 Å². The van der Waals surface area contributed by atoms with Crippen molar-refractivity contribution in [2.24, 2.45) is 0 Å². The van der Waals surface area contributed by atoms with E-state index in [0.717, 1.165) is 25.3 Å². The molecule has 0 saturated carbocycles. The first kappa shape index (κ1) is 8.97. The van der Waals surface area contributed by atoms with E-state index in [1.807, 2.05) is 13.8 Å². The van der Waals surface area contributed by atoms with E-state index in [-0.39, 0.29) is 0 Å². The minimum Gasteiger partial charge on any atom is -0.394 e. The Morgan fingerprint density at radius 2 is 1.55 bits per heavy atom. The van der Waals surface area contributed by atoms with Crippen molar-refractivity contribution in [3.05, 3.63) is 12.2 Å². The summed E-state index contributed by atoms with van der Waals surface area (Å²) in [5.74, 6) is 0. The zero-order chi connectivity index (χ0) is 8.16. The SMILES string of the molecule is CCO[Si]1(OCC)CC=CC1. The summed E-state index contributed by atoms with van der Waals surface area (Å²) in [5.41, 5.74) is 0. The standard InChI is InChI=1S/C8H16O2Si/c1-3-9-11(10-4-2)7-5-6-8-11/h5-6H,3-4,7-8H2,1-2H3. The molecule has 0 spiro atoms. The van der Waals surface area contributed by atoms with Gasteiger partial charge in [0.1, 0.15) is 0 Å². The van der Waals surface area contributed by atoms with Crippen LogP contribution in [0.5, 0.6) is 0 Å². The van der Waals surface area contributed by atoms with Crippen LogP contribution in [-0.2, 0) is 8.85 Å². The maximum atomic E-state index is 5.68. The highest BCUT2D eigenvalue weighted by atomic mass is 28.4. The molecule has 0 aromatic heterocycles. The molecule has 0 aliphatic carbocycles. The first-order valence-electron chi connectivity index (χ1n) is 4.26. The molecule has 1 heterocycles. The monoisotopic (exact) mass is 172 g/mol. The summed E-state index contributed by atoms with van der Waals surface area (Å²) in [6, 6.07) is 2.07. The summed E-state index contributed by atoms with van der Waals surface area (Å²) in [4.78, 5) is 0. The first-order chi connectivity index (χ1) is 5.33. The Labute approximate surface area is 69.5 Å². The molecular weight excluding hydrogens is 156 g/mol. The van der Waals surface area contributed by atoms with Gasteiger partial charge in [-0.15, -0.1) is 0 Å². The van der Waals surface area contributed by atoms with Gasteiger partial charge >= 0.3 is 8.56 Å². The second-order valence-corrected chi connectivity index (χ2v) is 5.87. The van der Waals surface area contributed by atoms with Crippen molar-refractivity contribution < 1.29 is 8.85 Å². The van der Waals surface area contributed by atoms with Crippen LogP contribution in [0.3, 0.4) is 0 Å². The third kappa shape index (κ3) is 2.15. The fourth-order valence-corrected chi connectivity index (χ4v) is 4.24. The Morgan fingerprint density at radius 1 is 1.09 bits per heavy atom. The topological polar surface area (TPSA) is 18.5 Å². The zero-order valence-electron chi connectivity index (χ0n) is 7.30. The molecule has 3 heteroatoms. The van der Waals surface area contributed by atoms with Crippen LogP contribution >= 0.6 is 0 Å². The normalized spacial score (nSPS) is 20.9. The van der Waals surface area contributed by atoms with Gasteiger partial charge < -0.3 is 8.85 Å². The van der Waals surface area contributed by atoms with Gasteiger partial charge in [-0.1, -0.05) is 12.2 Å². The predicted octanol–water partition coefficient (Wildman–Crippen LogP) is 2.07. The molecule has 0 radical (unpaired) electrons. The van der Waals surface area contributed by atoms with Crippen LogP contribution in [0.4, 0.5) is 0 Å². The van der Waals surface area contributed by atoms with Crippen LogP contribution in [0, 0.1) is 0 Å². The Hall–Kier alpha value is -0.123. The molecule has 0 aromatic rings. The fraction of sp³-hybridized carbons (Fsp3) is 0.750. The van der Waals surface area contributed by atoms with Gasteiger partial charge in [0.15, 0.2) is 0 Å². The van der Waals surface area contributed by atoms with Crippen LogP contribution in [0.15, 0.2) is 12.2 Å².